The maximum Gasteiger partial charge on any atom is 0.340 e. The lowest BCUT2D eigenvalue weighted by Crippen LogP contribution is -2.62. The van der Waals surface area contributed by atoms with Crippen LogP contribution in [0.15, 0.2) is 30.3 Å². The number of nitrogens with two attached hydrogens (primary N) is 1. The van der Waals surface area contributed by atoms with Crippen LogP contribution in [0.4, 0.5) is 0 Å². The maximum absolute atomic E-state index is 12.3. The van der Waals surface area contributed by atoms with Gasteiger partial charge in [0.1, 0.15) is 6.61 Å². The van der Waals surface area contributed by atoms with E-state index < -0.39 is 29.9 Å². The van der Waals surface area contributed by atoms with E-state index in [1.54, 1.807) is 30.3 Å². The van der Waals surface area contributed by atoms with E-state index in [0.717, 1.165) is 32.4 Å². The zero-order valence-corrected chi connectivity index (χ0v) is 18.1. The lowest BCUT2D eigenvalue weighted by Gasteiger charge is -2.23. The minimum absolute atomic E-state index is 0.0617. The molecule has 1 aliphatic rings. The summed E-state index contributed by atoms with van der Waals surface area (Å²) in [6, 6.07) is 8.73. The summed E-state index contributed by atoms with van der Waals surface area (Å²) in [5.74, 6) is -2.88. The summed E-state index contributed by atoms with van der Waals surface area (Å²) in [7, 11) is 0. The fourth-order valence-corrected chi connectivity index (χ4v) is 3.32. The van der Waals surface area contributed by atoms with Crippen molar-refractivity contribution in [1.29, 1.82) is 0 Å². The molecule has 1 atom stereocenters. The Bertz CT molecular complexity index is 782. The fourth-order valence-electron chi connectivity index (χ4n) is 3.32. The number of carbonyl (C=O) groups excluding carboxylic acids is 3. The van der Waals surface area contributed by atoms with Crippen LogP contribution in [-0.4, -0.2) is 60.6 Å². The van der Waals surface area contributed by atoms with E-state index in [1.807, 2.05) is 0 Å². The number of amides is 2. The van der Waals surface area contributed by atoms with Gasteiger partial charge >= 0.3 is 11.9 Å². The van der Waals surface area contributed by atoms with E-state index in [-0.39, 0.29) is 25.5 Å². The quantitative estimate of drug-likeness (QED) is 0.219. The van der Waals surface area contributed by atoms with Crippen molar-refractivity contribution >= 4 is 23.8 Å². The van der Waals surface area contributed by atoms with Gasteiger partial charge in [-0.1, -0.05) is 30.3 Å². The maximum atomic E-state index is 12.3. The minimum Gasteiger partial charge on any atom is -0.479 e. The molecule has 0 aliphatic carbocycles. The Balaban J connectivity index is 1.69. The molecule has 0 spiro atoms. The number of piperidine rings is 1. The van der Waals surface area contributed by atoms with Gasteiger partial charge in [-0.05, 0) is 43.8 Å². The van der Waals surface area contributed by atoms with Gasteiger partial charge in [-0.25, -0.2) is 9.59 Å². The Morgan fingerprint density at radius 1 is 1.06 bits per heavy atom. The van der Waals surface area contributed by atoms with Crippen molar-refractivity contribution in [1.82, 2.24) is 16.0 Å². The highest BCUT2D eigenvalue weighted by Gasteiger charge is 2.44. The number of nitrogens with one attached hydrogen (secondary N) is 3. The van der Waals surface area contributed by atoms with E-state index in [9.17, 15) is 24.3 Å². The summed E-state index contributed by atoms with van der Waals surface area (Å²) in [5, 5.41) is 17.7. The molecule has 176 valence electrons. The molecule has 1 unspecified atom stereocenters. The lowest BCUT2D eigenvalue weighted by molar-refractivity contribution is -0.161. The predicted molar refractivity (Wildman–Crippen MR) is 116 cm³/mol. The molecular weight excluding hydrogens is 416 g/mol. The first-order valence-electron chi connectivity index (χ1n) is 10.8. The van der Waals surface area contributed by atoms with Crippen LogP contribution in [0, 0.1) is 5.92 Å². The van der Waals surface area contributed by atoms with Gasteiger partial charge in [0, 0.05) is 19.4 Å². The molecular formula is C22H32N4O6. The molecule has 2 amide bonds. The van der Waals surface area contributed by atoms with Crippen LogP contribution in [-0.2, 0) is 30.5 Å². The summed E-state index contributed by atoms with van der Waals surface area (Å²) in [4.78, 5) is 47.8. The molecule has 2 rings (SSSR count). The van der Waals surface area contributed by atoms with Gasteiger partial charge in [-0.15, -0.1) is 0 Å². The van der Waals surface area contributed by atoms with Gasteiger partial charge in [-0.2, -0.15) is 0 Å². The molecule has 10 nitrogen and oxygen atoms in total. The standard InChI is InChI=1S/C22H32N4O6/c23-22(20(29)30,21(31)32-14-17-4-2-1-3-5-17)15-26-19(28)10-13-25-18(27)7-6-16-8-11-24-12-9-16/h1-5,16,24H,6-15,23H2,(H,25,27)(H,26,28)(H,29,30). The highest BCUT2D eigenvalue weighted by molar-refractivity contribution is 6.04. The number of hydrogen-bond donors (Lipinski definition) is 5. The third kappa shape index (κ3) is 8.27. The Hall–Kier alpha value is -2.98. The minimum atomic E-state index is -2.41. The Kier molecular flexibility index (Phi) is 10.1. The van der Waals surface area contributed by atoms with Gasteiger partial charge in [0.05, 0.1) is 6.54 Å². The van der Waals surface area contributed by atoms with Crippen LogP contribution in [0.5, 0.6) is 0 Å². The van der Waals surface area contributed by atoms with E-state index in [4.69, 9.17) is 10.5 Å². The number of aliphatic carboxylic acids is 1. The number of ether oxygens (including phenoxy) is 1. The monoisotopic (exact) mass is 448 g/mol. The normalized spacial score (nSPS) is 15.9. The number of esters is 1. The van der Waals surface area contributed by atoms with Crippen molar-refractivity contribution < 1.29 is 29.0 Å². The highest BCUT2D eigenvalue weighted by atomic mass is 16.5. The number of benzene rings is 1. The smallest absolute Gasteiger partial charge is 0.340 e. The van der Waals surface area contributed by atoms with Crippen molar-refractivity contribution in [2.45, 2.75) is 44.2 Å². The summed E-state index contributed by atoms with van der Waals surface area (Å²) in [6.45, 7) is 1.30. The molecule has 0 radical (unpaired) electrons. The molecule has 1 aromatic rings. The number of hydrogen-bond acceptors (Lipinski definition) is 7. The second kappa shape index (κ2) is 12.8. The first-order chi connectivity index (χ1) is 15.3. The number of carboxylic acids is 1. The Morgan fingerprint density at radius 3 is 2.38 bits per heavy atom. The molecule has 10 heteroatoms. The van der Waals surface area contributed by atoms with E-state index >= 15 is 0 Å². The summed E-state index contributed by atoms with van der Waals surface area (Å²) in [5.41, 5.74) is 3.98. The van der Waals surface area contributed by atoms with Crippen molar-refractivity contribution in [3.05, 3.63) is 35.9 Å². The first kappa shape index (κ1) is 25.3. The molecule has 1 fully saturated rings. The zero-order chi connectivity index (χ0) is 23.4. The van der Waals surface area contributed by atoms with Crippen LogP contribution in [0.3, 0.4) is 0 Å². The third-order valence-corrected chi connectivity index (χ3v) is 5.44. The van der Waals surface area contributed by atoms with Gasteiger partial charge in [0.25, 0.3) is 0 Å². The number of carboxylic acid groups (broad SMARTS) is 1. The van der Waals surface area contributed by atoms with Gasteiger partial charge in [-0.3, -0.25) is 9.59 Å². The molecule has 0 saturated carbocycles. The molecule has 1 saturated heterocycles. The first-order valence-corrected chi connectivity index (χ1v) is 10.8. The van der Waals surface area contributed by atoms with E-state index in [2.05, 4.69) is 16.0 Å². The molecule has 1 heterocycles. The summed E-state index contributed by atoms with van der Waals surface area (Å²) < 4.78 is 5.02. The Morgan fingerprint density at radius 2 is 1.72 bits per heavy atom. The van der Waals surface area contributed by atoms with E-state index in [0.29, 0.717) is 17.9 Å². The SMILES string of the molecule is NC(CNC(=O)CCNC(=O)CCC1CCNCC1)(C(=O)O)C(=O)OCc1ccccc1. The topological polar surface area (TPSA) is 160 Å². The van der Waals surface area contributed by atoms with Crippen molar-refractivity contribution in [2.24, 2.45) is 11.7 Å². The van der Waals surface area contributed by atoms with E-state index in [1.165, 1.54) is 0 Å². The zero-order valence-electron chi connectivity index (χ0n) is 18.1. The molecule has 1 aromatic carbocycles. The van der Waals surface area contributed by atoms with Gasteiger partial charge < -0.3 is 31.5 Å². The van der Waals surface area contributed by atoms with Crippen LogP contribution in [0.2, 0.25) is 0 Å². The molecule has 0 aromatic heterocycles. The lowest BCUT2D eigenvalue weighted by atomic mass is 9.93. The largest absolute Gasteiger partial charge is 0.479 e. The van der Waals surface area contributed by atoms with Crippen LogP contribution in [0.25, 0.3) is 0 Å². The predicted octanol–water partition coefficient (Wildman–Crippen LogP) is -0.0858. The third-order valence-electron chi connectivity index (χ3n) is 5.44. The molecule has 32 heavy (non-hydrogen) atoms. The van der Waals surface area contributed by atoms with Crippen molar-refractivity contribution in [3.8, 4) is 0 Å². The van der Waals surface area contributed by atoms with Crippen molar-refractivity contribution in [3.63, 3.8) is 0 Å². The molecule has 0 bridgehead atoms. The highest BCUT2D eigenvalue weighted by Crippen LogP contribution is 2.17. The van der Waals surface area contributed by atoms with Crippen LogP contribution < -0.4 is 21.7 Å². The average Bonchev–Trinajstić information content (AvgIpc) is 2.80. The number of rotatable bonds is 12. The van der Waals surface area contributed by atoms with Gasteiger partial charge in [0.2, 0.25) is 17.4 Å². The summed E-state index contributed by atoms with van der Waals surface area (Å²) in [6.07, 6.45) is 3.29. The average molecular weight is 449 g/mol. The van der Waals surface area contributed by atoms with Crippen LogP contribution in [0.1, 0.15) is 37.7 Å². The summed E-state index contributed by atoms with van der Waals surface area (Å²) >= 11 is 0. The Labute approximate surface area is 187 Å². The van der Waals surface area contributed by atoms with Crippen LogP contribution >= 0.6 is 0 Å². The second-order valence-electron chi connectivity index (χ2n) is 7.95. The van der Waals surface area contributed by atoms with Crippen molar-refractivity contribution in [2.75, 3.05) is 26.2 Å². The fraction of sp³-hybridized carbons (Fsp3) is 0.545. The van der Waals surface area contributed by atoms with Gasteiger partial charge in [0.15, 0.2) is 0 Å². The molecule has 6 N–H and O–H groups in total. The number of carbonyl (C=O) groups is 4. The second-order valence-corrected chi connectivity index (χ2v) is 7.95. The molecule has 1 aliphatic heterocycles.